The van der Waals surface area contributed by atoms with Crippen LogP contribution in [0.15, 0.2) is 59.4 Å². The molecule has 0 spiro atoms. The maximum atomic E-state index is 14.0. The Morgan fingerprint density at radius 1 is 1.19 bits per heavy atom. The molecule has 32 heavy (non-hydrogen) atoms. The molecule has 0 bridgehead atoms. The number of amides is 1. The largest absolute Gasteiger partial charge is 0.378 e. The molecule has 3 aromatic rings. The lowest BCUT2D eigenvalue weighted by Crippen LogP contribution is -2.38. The van der Waals surface area contributed by atoms with Crippen molar-refractivity contribution in [3.8, 4) is 0 Å². The zero-order valence-electron chi connectivity index (χ0n) is 17.8. The third-order valence-corrected chi connectivity index (χ3v) is 5.45. The van der Waals surface area contributed by atoms with Crippen molar-refractivity contribution in [2.75, 3.05) is 31.2 Å². The van der Waals surface area contributed by atoms with Gasteiger partial charge >= 0.3 is 0 Å². The Labute approximate surface area is 185 Å². The first-order chi connectivity index (χ1) is 15.5. The van der Waals surface area contributed by atoms with Gasteiger partial charge in [-0.25, -0.2) is 9.37 Å². The molecule has 1 saturated heterocycles. The molecule has 1 aliphatic heterocycles. The van der Waals surface area contributed by atoms with Gasteiger partial charge in [0, 0.05) is 31.1 Å². The SMILES string of the molecule is Cc1ccc(C(=O)N[C@@H](Cc2cc(=O)[nH]c(N3CCOCC3)n2)c2ccccc2)cc1F. The van der Waals surface area contributed by atoms with Crippen LogP contribution in [0.2, 0.25) is 0 Å². The van der Waals surface area contributed by atoms with Crippen LogP contribution in [-0.4, -0.2) is 42.2 Å². The van der Waals surface area contributed by atoms with E-state index in [2.05, 4.69) is 15.3 Å². The number of hydrogen-bond acceptors (Lipinski definition) is 5. The molecule has 2 N–H and O–H groups in total. The lowest BCUT2D eigenvalue weighted by Gasteiger charge is -2.27. The van der Waals surface area contributed by atoms with E-state index in [1.165, 1.54) is 12.1 Å². The van der Waals surface area contributed by atoms with Crippen LogP contribution in [0, 0.1) is 12.7 Å². The molecule has 0 saturated carbocycles. The van der Waals surface area contributed by atoms with Crippen molar-refractivity contribution in [2.24, 2.45) is 0 Å². The number of anilines is 1. The quantitative estimate of drug-likeness (QED) is 0.621. The second-order valence-electron chi connectivity index (χ2n) is 7.76. The van der Waals surface area contributed by atoms with Crippen LogP contribution >= 0.6 is 0 Å². The molecule has 1 aromatic heterocycles. The molecule has 1 atom stereocenters. The number of hydrogen-bond donors (Lipinski definition) is 2. The highest BCUT2D eigenvalue weighted by Crippen LogP contribution is 2.20. The molecular formula is C24H25FN4O3. The van der Waals surface area contributed by atoms with Crippen LogP contribution in [0.1, 0.15) is 33.2 Å². The van der Waals surface area contributed by atoms with Crippen LogP contribution in [0.4, 0.5) is 10.3 Å². The van der Waals surface area contributed by atoms with Gasteiger partial charge in [-0.05, 0) is 30.2 Å². The van der Waals surface area contributed by atoms with E-state index < -0.39 is 17.8 Å². The fourth-order valence-electron chi connectivity index (χ4n) is 3.65. The summed E-state index contributed by atoms with van der Waals surface area (Å²) in [6.07, 6.45) is 0.311. The molecule has 7 nitrogen and oxygen atoms in total. The predicted octanol–water partition coefficient (Wildman–Crippen LogP) is 2.77. The van der Waals surface area contributed by atoms with Crippen molar-refractivity contribution < 1.29 is 13.9 Å². The number of aromatic nitrogens is 2. The first-order valence-corrected chi connectivity index (χ1v) is 10.5. The summed E-state index contributed by atoms with van der Waals surface area (Å²) in [5.74, 6) is -0.328. The van der Waals surface area contributed by atoms with Gasteiger partial charge in [0.25, 0.3) is 11.5 Å². The van der Waals surface area contributed by atoms with E-state index in [0.717, 1.165) is 5.56 Å². The van der Waals surface area contributed by atoms with Crippen LogP contribution in [-0.2, 0) is 11.2 Å². The third-order valence-electron chi connectivity index (χ3n) is 5.45. The van der Waals surface area contributed by atoms with E-state index in [1.807, 2.05) is 35.2 Å². The molecule has 2 aromatic carbocycles. The number of carbonyl (C=O) groups is 1. The average molecular weight is 436 g/mol. The van der Waals surface area contributed by atoms with Crippen molar-refractivity contribution in [3.63, 3.8) is 0 Å². The van der Waals surface area contributed by atoms with Gasteiger partial charge in [-0.15, -0.1) is 0 Å². The zero-order valence-corrected chi connectivity index (χ0v) is 17.8. The maximum absolute atomic E-state index is 14.0. The van der Waals surface area contributed by atoms with Crippen LogP contribution in [0.25, 0.3) is 0 Å². The van der Waals surface area contributed by atoms with Gasteiger partial charge in [-0.3, -0.25) is 14.6 Å². The van der Waals surface area contributed by atoms with Crippen molar-refractivity contribution in [1.82, 2.24) is 15.3 Å². The van der Waals surface area contributed by atoms with E-state index in [0.29, 0.717) is 49.9 Å². The standard InChI is InChI=1S/C24H25FN4O3/c1-16-7-8-18(13-20(16)25)23(31)27-21(17-5-3-2-4-6-17)14-19-15-22(30)28-24(26-19)29-9-11-32-12-10-29/h2-8,13,15,21H,9-12,14H2,1H3,(H,27,31)(H,26,28,30)/t21-/m0/s1. The summed E-state index contributed by atoms with van der Waals surface area (Å²) in [4.78, 5) is 34.6. The van der Waals surface area contributed by atoms with Gasteiger partial charge in [0.05, 0.1) is 24.9 Å². The van der Waals surface area contributed by atoms with Crippen LogP contribution < -0.4 is 15.8 Å². The predicted molar refractivity (Wildman–Crippen MR) is 119 cm³/mol. The molecule has 1 amide bonds. The Kier molecular flexibility index (Phi) is 6.61. The number of rotatable bonds is 6. The Bertz CT molecular complexity index is 1140. The maximum Gasteiger partial charge on any atom is 0.252 e. The lowest BCUT2D eigenvalue weighted by atomic mass is 10.0. The van der Waals surface area contributed by atoms with Gasteiger partial charge in [0.2, 0.25) is 5.95 Å². The minimum absolute atomic E-state index is 0.238. The molecule has 1 fully saturated rings. The molecule has 1 aliphatic rings. The second-order valence-corrected chi connectivity index (χ2v) is 7.76. The highest BCUT2D eigenvalue weighted by atomic mass is 19.1. The number of nitrogens with one attached hydrogen (secondary N) is 2. The first kappa shape index (κ1) is 21.7. The number of morpholine rings is 1. The van der Waals surface area contributed by atoms with Crippen LogP contribution in [0.5, 0.6) is 0 Å². The fraction of sp³-hybridized carbons (Fsp3) is 0.292. The fourth-order valence-corrected chi connectivity index (χ4v) is 3.65. The van der Waals surface area contributed by atoms with Crippen molar-refractivity contribution in [3.05, 3.63) is 93.2 Å². The Morgan fingerprint density at radius 3 is 2.66 bits per heavy atom. The molecule has 0 radical (unpaired) electrons. The van der Waals surface area contributed by atoms with Gasteiger partial charge in [-0.1, -0.05) is 36.4 Å². The summed E-state index contributed by atoms with van der Waals surface area (Å²) >= 11 is 0. The van der Waals surface area contributed by atoms with Gasteiger partial charge in [0.15, 0.2) is 0 Å². The summed E-state index contributed by atoms with van der Waals surface area (Å²) in [6, 6.07) is 14.8. The highest BCUT2D eigenvalue weighted by molar-refractivity contribution is 5.94. The summed E-state index contributed by atoms with van der Waals surface area (Å²) in [5, 5.41) is 2.97. The third kappa shape index (κ3) is 5.20. The normalized spacial score (nSPS) is 14.8. The first-order valence-electron chi connectivity index (χ1n) is 10.5. The van der Waals surface area contributed by atoms with E-state index >= 15 is 0 Å². The van der Waals surface area contributed by atoms with Crippen LogP contribution in [0.3, 0.4) is 0 Å². The topological polar surface area (TPSA) is 87.3 Å². The Hall–Kier alpha value is -3.52. The molecule has 0 aliphatic carbocycles. The molecule has 2 heterocycles. The van der Waals surface area contributed by atoms with Gasteiger partial charge < -0.3 is 15.0 Å². The number of halogens is 1. The smallest absolute Gasteiger partial charge is 0.252 e. The summed E-state index contributed by atoms with van der Waals surface area (Å²) in [7, 11) is 0. The molecule has 0 unspecified atom stereocenters. The van der Waals surface area contributed by atoms with Crippen molar-refractivity contribution in [2.45, 2.75) is 19.4 Å². The number of H-pyrrole nitrogens is 1. The number of nitrogens with zero attached hydrogens (tertiary/aromatic N) is 2. The van der Waals surface area contributed by atoms with Crippen molar-refractivity contribution in [1.29, 1.82) is 0 Å². The number of carbonyl (C=O) groups excluding carboxylic acids is 1. The van der Waals surface area contributed by atoms with E-state index in [-0.39, 0.29) is 11.1 Å². The highest BCUT2D eigenvalue weighted by Gasteiger charge is 2.20. The van der Waals surface area contributed by atoms with Gasteiger partial charge in [-0.2, -0.15) is 0 Å². The minimum Gasteiger partial charge on any atom is -0.378 e. The molecule has 8 heteroatoms. The zero-order chi connectivity index (χ0) is 22.5. The Balaban J connectivity index is 1.60. The minimum atomic E-state index is -0.445. The average Bonchev–Trinajstić information content (AvgIpc) is 2.81. The van der Waals surface area contributed by atoms with Crippen molar-refractivity contribution >= 4 is 11.9 Å². The Morgan fingerprint density at radius 2 is 1.94 bits per heavy atom. The van der Waals surface area contributed by atoms with Gasteiger partial charge in [0.1, 0.15) is 5.82 Å². The second kappa shape index (κ2) is 9.74. The molecular weight excluding hydrogens is 411 g/mol. The summed E-state index contributed by atoms with van der Waals surface area (Å²) in [6.45, 7) is 4.08. The van der Waals surface area contributed by atoms with E-state index in [4.69, 9.17) is 4.74 Å². The summed E-state index contributed by atoms with van der Waals surface area (Å²) < 4.78 is 19.3. The number of aromatic amines is 1. The molecule has 4 rings (SSSR count). The molecule has 166 valence electrons. The monoisotopic (exact) mass is 436 g/mol. The number of aryl methyl sites for hydroxylation is 1. The van der Waals surface area contributed by atoms with E-state index in [9.17, 15) is 14.0 Å². The number of ether oxygens (including phenoxy) is 1. The van der Waals surface area contributed by atoms with E-state index in [1.54, 1.807) is 19.1 Å². The summed E-state index contributed by atoms with van der Waals surface area (Å²) in [5.41, 5.74) is 1.88. The number of benzene rings is 2. The lowest BCUT2D eigenvalue weighted by molar-refractivity contribution is 0.0936.